The van der Waals surface area contributed by atoms with E-state index in [2.05, 4.69) is 34.1 Å². The third-order valence-corrected chi connectivity index (χ3v) is 10.1. The molecule has 180 valence electrons. The molecule has 7 rings (SSSR count). The minimum Gasteiger partial charge on any atom is -0.494 e. The van der Waals surface area contributed by atoms with Crippen LogP contribution in [0.5, 0.6) is 11.8 Å². The van der Waals surface area contributed by atoms with E-state index < -0.39 is 0 Å². The van der Waals surface area contributed by atoms with E-state index in [-0.39, 0.29) is 0 Å². The fraction of sp³-hybridized carbons (Fsp3) is 0.593. The van der Waals surface area contributed by atoms with Crippen LogP contribution in [0.2, 0.25) is 0 Å². The molecule has 4 aliphatic rings. The lowest BCUT2D eigenvalue weighted by molar-refractivity contribution is 0.183. The van der Waals surface area contributed by atoms with E-state index in [1.807, 2.05) is 4.57 Å². The van der Waals surface area contributed by atoms with Gasteiger partial charge in [-0.05, 0) is 79.4 Å². The molecule has 2 aromatic heterocycles. The third kappa shape index (κ3) is 3.27. The molecule has 0 radical (unpaired) electrons. The molecule has 0 amide bonds. The molecule has 4 atom stereocenters. The van der Waals surface area contributed by atoms with Crippen molar-refractivity contribution in [3.05, 3.63) is 35.4 Å². The van der Waals surface area contributed by atoms with Crippen molar-refractivity contribution in [2.45, 2.75) is 56.9 Å². The first kappa shape index (κ1) is 21.1. The molecule has 4 unspecified atom stereocenters. The van der Waals surface area contributed by atoms with Crippen molar-refractivity contribution in [1.82, 2.24) is 13.8 Å². The first-order valence-electron chi connectivity index (χ1n) is 13.1. The van der Waals surface area contributed by atoms with Crippen molar-refractivity contribution in [2.75, 3.05) is 37.6 Å². The van der Waals surface area contributed by atoms with E-state index in [0.717, 1.165) is 62.6 Å². The highest BCUT2D eigenvalue weighted by Gasteiger charge is 2.44. The Morgan fingerprint density at radius 2 is 1.53 bits per heavy atom. The summed E-state index contributed by atoms with van der Waals surface area (Å²) in [5.41, 5.74) is 2.16. The second-order valence-electron chi connectivity index (χ2n) is 11.0. The average Bonchev–Trinajstić information content (AvgIpc) is 3.68. The standard InChI is InChI=1S/C27H34N4O2S/c32-26-23-17-8-9-18(14-17)24(23)27(33)31(26)16-20-5-3-4-19(20)15-29-10-12-30(13-11-29)25-21-6-1-2-7-22(21)34-28-25/h1-2,6-7,17-20,32-33H,3-5,8-16H2. The van der Waals surface area contributed by atoms with E-state index in [9.17, 15) is 10.2 Å². The number of rotatable bonds is 5. The van der Waals surface area contributed by atoms with Gasteiger partial charge in [0.1, 0.15) is 5.82 Å². The number of nitrogens with zero attached hydrogens (tertiary/aromatic N) is 4. The Kier molecular flexibility index (Phi) is 5.06. The van der Waals surface area contributed by atoms with E-state index in [1.54, 1.807) is 11.5 Å². The summed E-state index contributed by atoms with van der Waals surface area (Å²) < 4.78 is 7.89. The van der Waals surface area contributed by atoms with Crippen LogP contribution >= 0.6 is 11.5 Å². The van der Waals surface area contributed by atoms with Crippen LogP contribution in [0.4, 0.5) is 5.82 Å². The summed E-state index contributed by atoms with van der Waals surface area (Å²) in [7, 11) is 0. The van der Waals surface area contributed by atoms with Crippen molar-refractivity contribution in [1.29, 1.82) is 0 Å². The van der Waals surface area contributed by atoms with Crippen LogP contribution in [-0.4, -0.2) is 56.8 Å². The maximum atomic E-state index is 11.0. The first-order valence-corrected chi connectivity index (χ1v) is 13.9. The molecule has 3 heterocycles. The molecule has 2 saturated carbocycles. The summed E-state index contributed by atoms with van der Waals surface area (Å²) in [5, 5.41) is 23.3. The summed E-state index contributed by atoms with van der Waals surface area (Å²) in [6, 6.07) is 8.55. The zero-order valence-corrected chi connectivity index (χ0v) is 20.5. The maximum Gasteiger partial charge on any atom is 0.197 e. The van der Waals surface area contributed by atoms with Crippen molar-refractivity contribution in [3.63, 3.8) is 0 Å². The number of aromatic nitrogens is 2. The summed E-state index contributed by atoms with van der Waals surface area (Å²) in [4.78, 5) is 5.08. The monoisotopic (exact) mass is 478 g/mol. The summed E-state index contributed by atoms with van der Waals surface area (Å²) in [6.07, 6.45) is 7.18. The number of aromatic hydroxyl groups is 2. The number of hydrogen-bond acceptors (Lipinski definition) is 6. The Bertz CT molecular complexity index is 1180. The van der Waals surface area contributed by atoms with Gasteiger partial charge in [0.2, 0.25) is 0 Å². The molecule has 1 aliphatic heterocycles. The van der Waals surface area contributed by atoms with Gasteiger partial charge in [0.15, 0.2) is 11.8 Å². The lowest BCUT2D eigenvalue weighted by Crippen LogP contribution is -2.48. The van der Waals surface area contributed by atoms with E-state index >= 15 is 0 Å². The molecule has 2 N–H and O–H groups in total. The van der Waals surface area contributed by atoms with Crippen LogP contribution in [0.3, 0.4) is 0 Å². The smallest absolute Gasteiger partial charge is 0.197 e. The van der Waals surface area contributed by atoms with Gasteiger partial charge in [-0.15, -0.1) is 0 Å². The molecular formula is C27H34N4O2S. The number of anilines is 1. The Morgan fingerprint density at radius 3 is 2.26 bits per heavy atom. The zero-order valence-electron chi connectivity index (χ0n) is 19.7. The highest BCUT2D eigenvalue weighted by molar-refractivity contribution is 7.13. The SMILES string of the molecule is Oc1c2c(c(O)n1CC1CCCC1CN1CCN(c3nsc4ccccc34)CC1)C1CCC2C1. The van der Waals surface area contributed by atoms with Crippen LogP contribution in [0.25, 0.3) is 10.1 Å². The molecule has 0 spiro atoms. The minimum atomic E-state index is 0.370. The Balaban J connectivity index is 1.01. The fourth-order valence-corrected chi connectivity index (χ4v) is 8.31. The fourth-order valence-electron chi connectivity index (χ4n) is 7.52. The van der Waals surface area contributed by atoms with Crippen molar-refractivity contribution >= 4 is 27.4 Å². The number of fused-ring (bicyclic) bond motifs is 6. The molecule has 6 nitrogen and oxygen atoms in total. The van der Waals surface area contributed by atoms with Gasteiger partial charge in [-0.25, -0.2) is 0 Å². The van der Waals surface area contributed by atoms with Gasteiger partial charge in [-0.3, -0.25) is 9.47 Å². The van der Waals surface area contributed by atoms with Gasteiger partial charge >= 0.3 is 0 Å². The van der Waals surface area contributed by atoms with Crippen molar-refractivity contribution in [2.24, 2.45) is 11.8 Å². The Morgan fingerprint density at radius 1 is 0.853 bits per heavy atom. The number of hydrogen-bond donors (Lipinski definition) is 2. The van der Waals surface area contributed by atoms with Gasteiger partial charge in [-0.1, -0.05) is 18.6 Å². The number of piperazine rings is 1. The summed E-state index contributed by atoms with van der Waals surface area (Å²) >= 11 is 1.60. The lowest BCUT2D eigenvalue weighted by Gasteiger charge is -2.37. The van der Waals surface area contributed by atoms with Gasteiger partial charge in [0.25, 0.3) is 0 Å². The molecule has 3 aliphatic carbocycles. The highest BCUT2D eigenvalue weighted by atomic mass is 32.1. The van der Waals surface area contributed by atoms with Crippen LogP contribution in [0.1, 0.15) is 61.5 Å². The largest absolute Gasteiger partial charge is 0.494 e. The predicted octanol–water partition coefficient (Wildman–Crippen LogP) is 5.11. The van der Waals surface area contributed by atoms with Gasteiger partial charge in [0.05, 0.1) is 4.70 Å². The second kappa shape index (κ2) is 8.16. The highest BCUT2D eigenvalue weighted by Crippen LogP contribution is 2.60. The number of benzene rings is 1. The second-order valence-corrected chi connectivity index (χ2v) is 11.8. The van der Waals surface area contributed by atoms with Crippen LogP contribution in [0.15, 0.2) is 24.3 Å². The molecule has 3 aromatic rings. The first-order chi connectivity index (χ1) is 16.7. The van der Waals surface area contributed by atoms with Crippen molar-refractivity contribution in [3.8, 4) is 11.8 Å². The minimum absolute atomic E-state index is 0.370. The van der Waals surface area contributed by atoms with E-state index in [4.69, 9.17) is 4.37 Å². The molecule has 34 heavy (non-hydrogen) atoms. The van der Waals surface area contributed by atoms with Gasteiger partial charge < -0.3 is 15.1 Å². The normalized spacial score (nSPS) is 28.9. The van der Waals surface area contributed by atoms with Gasteiger partial charge in [0, 0.05) is 55.8 Å². The van der Waals surface area contributed by atoms with E-state index in [0.29, 0.717) is 35.4 Å². The average molecular weight is 479 g/mol. The molecular weight excluding hydrogens is 444 g/mol. The Hall–Kier alpha value is -2.25. The topological polar surface area (TPSA) is 64.8 Å². The Labute approximate surface area is 205 Å². The van der Waals surface area contributed by atoms with Crippen LogP contribution in [-0.2, 0) is 6.54 Å². The maximum absolute atomic E-state index is 11.0. The van der Waals surface area contributed by atoms with Crippen LogP contribution in [0, 0.1) is 11.8 Å². The third-order valence-electron chi connectivity index (χ3n) is 9.29. The molecule has 1 saturated heterocycles. The zero-order chi connectivity index (χ0) is 22.8. The van der Waals surface area contributed by atoms with Gasteiger partial charge in [-0.2, -0.15) is 4.37 Å². The summed E-state index contributed by atoms with van der Waals surface area (Å²) in [6.45, 7) is 6.10. The molecule has 7 heteroatoms. The summed E-state index contributed by atoms with van der Waals surface area (Å²) in [5.74, 6) is 4.00. The molecule has 3 fully saturated rings. The van der Waals surface area contributed by atoms with Crippen molar-refractivity contribution < 1.29 is 10.2 Å². The predicted molar refractivity (Wildman–Crippen MR) is 136 cm³/mol. The van der Waals surface area contributed by atoms with E-state index in [1.165, 1.54) is 42.2 Å². The quantitative estimate of drug-likeness (QED) is 0.533. The van der Waals surface area contributed by atoms with Crippen LogP contribution < -0.4 is 4.90 Å². The lowest BCUT2D eigenvalue weighted by atomic mass is 9.95. The molecule has 1 aromatic carbocycles. The molecule has 2 bridgehead atoms.